The number of hydrogen-bond acceptors (Lipinski definition) is 3. The molecule has 5 nitrogen and oxygen atoms in total. The van der Waals surface area contributed by atoms with Gasteiger partial charge >= 0.3 is 0 Å². The third-order valence-electron chi connectivity index (χ3n) is 4.17. The summed E-state index contributed by atoms with van der Waals surface area (Å²) in [5, 5.41) is 2.94. The van der Waals surface area contributed by atoms with E-state index in [4.69, 9.17) is 5.73 Å². The quantitative estimate of drug-likeness (QED) is 0.872. The number of carbonyl (C=O) groups is 1. The molecule has 2 atom stereocenters. The topological polar surface area (TPSA) is 77.1 Å². The van der Waals surface area contributed by atoms with Gasteiger partial charge in [0.15, 0.2) is 0 Å². The smallest absolute Gasteiger partial charge is 0.251 e. The van der Waals surface area contributed by atoms with Crippen molar-refractivity contribution in [3.63, 3.8) is 0 Å². The molecule has 1 aliphatic carbocycles. The zero-order chi connectivity index (χ0) is 14.5. The molecule has 1 aromatic heterocycles. The third kappa shape index (κ3) is 3.85. The van der Waals surface area contributed by atoms with Crippen LogP contribution in [-0.2, 0) is 11.3 Å². The van der Waals surface area contributed by atoms with Gasteiger partial charge < -0.3 is 15.6 Å². The van der Waals surface area contributed by atoms with E-state index in [1.54, 1.807) is 6.07 Å². The van der Waals surface area contributed by atoms with Crippen LogP contribution in [0.25, 0.3) is 0 Å². The number of nitrogen functional groups attached to an aromatic ring is 1. The summed E-state index contributed by atoms with van der Waals surface area (Å²) in [6, 6.07) is 2.92. The molecule has 5 heteroatoms. The molecule has 110 valence electrons. The van der Waals surface area contributed by atoms with Crippen LogP contribution < -0.4 is 16.6 Å². The Labute approximate surface area is 119 Å². The number of rotatable bonds is 4. The van der Waals surface area contributed by atoms with E-state index in [-0.39, 0.29) is 18.0 Å². The van der Waals surface area contributed by atoms with Crippen LogP contribution in [0.5, 0.6) is 0 Å². The normalized spacial score (nSPS) is 22.4. The molecule has 3 N–H and O–H groups in total. The highest BCUT2D eigenvalue weighted by atomic mass is 16.2. The van der Waals surface area contributed by atoms with E-state index in [9.17, 15) is 9.59 Å². The number of pyridine rings is 1. The van der Waals surface area contributed by atoms with Crippen LogP contribution in [0.1, 0.15) is 32.6 Å². The van der Waals surface area contributed by atoms with Gasteiger partial charge in [-0.1, -0.05) is 26.2 Å². The lowest BCUT2D eigenvalue weighted by Gasteiger charge is -2.28. The first-order valence-electron chi connectivity index (χ1n) is 7.29. The van der Waals surface area contributed by atoms with E-state index >= 15 is 0 Å². The summed E-state index contributed by atoms with van der Waals surface area (Å²) in [6.45, 7) is 2.99. The summed E-state index contributed by atoms with van der Waals surface area (Å²) in [6.07, 6.45) is 6.48. The molecule has 0 saturated heterocycles. The van der Waals surface area contributed by atoms with E-state index in [1.165, 1.54) is 42.5 Å². The van der Waals surface area contributed by atoms with Crippen LogP contribution in [0.15, 0.2) is 23.1 Å². The molecule has 1 amide bonds. The fourth-order valence-corrected chi connectivity index (χ4v) is 2.83. The summed E-state index contributed by atoms with van der Waals surface area (Å²) >= 11 is 0. The number of anilines is 1. The number of nitrogens with zero attached hydrogens (tertiary/aromatic N) is 1. The summed E-state index contributed by atoms with van der Waals surface area (Å²) in [5.74, 6) is 1.10. The van der Waals surface area contributed by atoms with E-state index in [0.717, 1.165) is 0 Å². The molecule has 1 aromatic rings. The van der Waals surface area contributed by atoms with Crippen molar-refractivity contribution < 1.29 is 4.79 Å². The van der Waals surface area contributed by atoms with Gasteiger partial charge in [-0.25, -0.2) is 0 Å². The second kappa shape index (κ2) is 6.59. The van der Waals surface area contributed by atoms with Gasteiger partial charge in [0.05, 0.1) is 0 Å². The van der Waals surface area contributed by atoms with Gasteiger partial charge in [0.2, 0.25) is 5.91 Å². The molecule has 1 heterocycles. The maximum Gasteiger partial charge on any atom is 0.251 e. The van der Waals surface area contributed by atoms with Gasteiger partial charge in [0.1, 0.15) is 6.54 Å². The van der Waals surface area contributed by atoms with Crippen LogP contribution >= 0.6 is 0 Å². The molecule has 0 bridgehead atoms. The predicted molar refractivity (Wildman–Crippen MR) is 79.2 cm³/mol. The van der Waals surface area contributed by atoms with E-state index in [1.807, 2.05) is 0 Å². The Morgan fingerprint density at radius 2 is 2.15 bits per heavy atom. The lowest BCUT2D eigenvalue weighted by atomic mass is 9.80. The Kier molecular flexibility index (Phi) is 4.82. The first-order valence-corrected chi connectivity index (χ1v) is 7.29. The standard InChI is InChI=1S/C15H23N3O2/c1-11-4-2-3-5-12(11)8-17-14(19)10-18-9-13(16)6-7-15(18)20/h6-7,9,11-12H,2-5,8,10,16H2,1H3,(H,17,19). The first-order chi connectivity index (χ1) is 9.56. The molecule has 2 rings (SSSR count). The minimum atomic E-state index is -0.208. The molecular weight excluding hydrogens is 254 g/mol. The molecule has 0 radical (unpaired) electrons. The van der Waals surface area contributed by atoms with Crippen molar-refractivity contribution in [2.45, 2.75) is 39.2 Å². The monoisotopic (exact) mass is 277 g/mol. The van der Waals surface area contributed by atoms with Crippen molar-refractivity contribution >= 4 is 11.6 Å². The largest absolute Gasteiger partial charge is 0.398 e. The molecule has 1 aliphatic rings. The van der Waals surface area contributed by atoms with Crippen LogP contribution in [0, 0.1) is 11.8 Å². The fraction of sp³-hybridized carbons (Fsp3) is 0.600. The Morgan fingerprint density at radius 3 is 2.90 bits per heavy atom. The van der Waals surface area contributed by atoms with Crippen molar-refractivity contribution in [2.24, 2.45) is 11.8 Å². The number of aromatic nitrogens is 1. The zero-order valence-electron chi connectivity index (χ0n) is 12.0. The van der Waals surface area contributed by atoms with Gasteiger partial charge in [0, 0.05) is 24.5 Å². The number of hydrogen-bond donors (Lipinski definition) is 2. The lowest BCUT2D eigenvalue weighted by Crippen LogP contribution is -2.37. The minimum Gasteiger partial charge on any atom is -0.398 e. The molecule has 1 saturated carbocycles. The fourth-order valence-electron chi connectivity index (χ4n) is 2.83. The second-order valence-corrected chi connectivity index (χ2v) is 5.75. The van der Waals surface area contributed by atoms with E-state index in [2.05, 4.69) is 12.2 Å². The Bertz CT molecular complexity index is 524. The lowest BCUT2D eigenvalue weighted by molar-refractivity contribution is -0.122. The highest BCUT2D eigenvalue weighted by Crippen LogP contribution is 2.28. The Morgan fingerprint density at radius 1 is 1.40 bits per heavy atom. The average molecular weight is 277 g/mol. The summed E-state index contributed by atoms with van der Waals surface area (Å²) in [7, 11) is 0. The average Bonchev–Trinajstić information content (AvgIpc) is 2.42. The molecule has 0 spiro atoms. The first kappa shape index (κ1) is 14.6. The molecule has 2 unspecified atom stereocenters. The molecular formula is C15H23N3O2. The Balaban J connectivity index is 1.86. The number of nitrogens with two attached hydrogens (primary N) is 1. The zero-order valence-corrected chi connectivity index (χ0v) is 12.0. The highest BCUT2D eigenvalue weighted by Gasteiger charge is 2.21. The highest BCUT2D eigenvalue weighted by molar-refractivity contribution is 5.75. The van der Waals surface area contributed by atoms with Crippen molar-refractivity contribution in [1.82, 2.24) is 9.88 Å². The van der Waals surface area contributed by atoms with Crippen molar-refractivity contribution in [1.29, 1.82) is 0 Å². The van der Waals surface area contributed by atoms with Gasteiger partial charge in [0.25, 0.3) is 5.56 Å². The second-order valence-electron chi connectivity index (χ2n) is 5.75. The molecule has 0 aromatic carbocycles. The van der Waals surface area contributed by atoms with Crippen LogP contribution in [0.4, 0.5) is 5.69 Å². The van der Waals surface area contributed by atoms with Crippen molar-refractivity contribution in [3.05, 3.63) is 28.7 Å². The maximum absolute atomic E-state index is 11.9. The minimum absolute atomic E-state index is 0.0327. The summed E-state index contributed by atoms with van der Waals surface area (Å²) in [5.41, 5.74) is 5.90. The third-order valence-corrected chi connectivity index (χ3v) is 4.17. The predicted octanol–water partition coefficient (Wildman–Crippen LogP) is 1.37. The summed E-state index contributed by atoms with van der Waals surface area (Å²) in [4.78, 5) is 23.5. The number of nitrogens with one attached hydrogen (secondary N) is 1. The van der Waals surface area contributed by atoms with Crippen LogP contribution in [0.2, 0.25) is 0 Å². The van der Waals surface area contributed by atoms with Crippen molar-refractivity contribution in [3.8, 4) is 0 Å². The van der Waals surface area contributed by atoms with Gasteiger partial charge in [-0.15, -0.1) is 0 Å². The van der Waals surface area contributed by atoms with Crippen LogP contribution in [0.3, 0.4) is 0 Å². The number of amides is 1. The van der Waals surface area contributed by atoms with Gasteiger partial charge in [-0.3, -0.25) is 9.59 Å². The number of carbonyl (C=O) groups excluding carboxylic acids is 1. The van der Waals surface area contributed by atoms with E-state index < -0.39 is 0 Å². The molecule has 1 fully saturated rings. The Hall–Kier alpha value is -1.78. The van der Waals surface area contributed by atoms with E-state index in [0.29, 0.717) is 24.1 Å². The van der Waals surface area contributed by atoms with Gasteiger partial charge in [-0.05, 0) is 24.3 Å². The maximum atomic E-state index is 11.9. The summed E-state index contributed by atoms with van der Waals surface area (Å²) < 4.78 is 1.34. The SMILES string of the molecule is CC1CCCCC1CNC(=O)Cn1cc(N)ccc1=O. The van der Waals surface area contributed by atoms with Crippen LogP contribution in [-0.4, -0.2) is 17.0 Å². The van der Waals surface area contributed by atoms with Crippen molar-refractivity contribution in [2.75, 3.05) is 12.3 Å². The molecule has 0 aliphatic heterocycles. The van der Waals surface area contributed by atoms with Gasteiger partial charge in [-0.2, -0.15) is 0 Å². The molecule has 20 heavy (non-hydrogen) atoms.